The number of nitrogens with two attached hydrogens (primary N) is 1. The molecule has 2 amide bonds. The van der Waals surface area contributed by atoms with Crippen LogP contribution in [-0.2, 0) is 9.53 Å². The maximum atomic E-state index is 13.5. The van der Waals surface area contributed by atoms with E-state index in [0.717, 1.165) is 0 Å². The molecule has 38 heavy (non-hydrogen) atoms. The molecule has 0 radical (unpaired) electrons. The van der Waals surface area contributed by atoms with E-state index in [1.165, 1.54) is 4.90 Å². The zero-order chi connectivity index (χ0) is 27.2. The SMILES string of the molecule is CC[C@]1(C)CC(=O)N(C2c3cc(C(=O)N[C@@H]4c5ccccc5OC[C@@]4(C)O)ccc3OCC2OC)C(N)=N1. The standard InChI is InChI=1S/C28H34N4O6/c1-5-27(2)13-22(33)32(26(29)31-27)23-18-12-16(10-11-20(18)37-14-21(23)36-4)25(34)30-24-17-8-6-7-9-19(17)38-15-28(24,3)35/h6-12,21,23-24,35H,5,13-15H2,1-4H3,(H2,29,31)(H,30,34)/t21?,23?,24-,27-,28-/m1/s1. The first-order valence-corrected chi connectivity index (χ1v) is 12.8. The van der Waals surface area contributed by atoms with Crippen molar-refractivity contribution in [2.75, 3.05) is 20.3 Å². The first-order chi connectivity index (χ1) is 18.1. The summed E-state index contributed by atoms with van der Waals surface area (Å²) in [5, 5.41) is 14.0. The number of methoxy groups -OCH3 is 1. The number of ether oxygens (including phenoxy) is 3. The number of nitrogens with zero attached hydrogens (tertiary/aromatic N) is 2. The van der Waals surface area contributed by atoms with Crippen molar-refractivity contribution >= 4 is 17.8 Å². The number of carbonyl (C=O) groups excluding carboxylic acids is 2. The van der Waals surface area contributed by atoms with Crippen molar-refractivity contribution in [3.63, 3.8) is 0 Å². The highest BCUT2D eigenvalue weighted by Crippen LogP contribution is 2.41. The third-order valence-corrected chi connectivity index (χ3v) is 7.77. The van der Waals surface area contributed by atoms with Gasteiger partial charge in [-0.1, -0.05) is 25.1 Å². The summed E-state index contributed by atoms with van der Waals surface area (Å²) in [7, 11) is 1.55. The average molecular weight is 523 g/mol. The number of hydrogen-bond acceptors (Lipinski definition) is 8. The van der Waals surface area contributed by atoms with Gasteiger partial charge in [0.15, 0.2) is 5.96 Å². The van der Waals surface area contributed by atoms with E-state index in [9.17, 15) is 14.7 Å². The summed E-state index contributed by atoms with van der Waals surface area (Å²) < 4.78 is 17.3. The number of para-hydroxylation sites is 1. The molecule has 0 bridgehead atoms. The van der Waals surface area contributed by atoms with E-state index in [0.29, 0.717) is 34.6 Å². The van der Waals surface area contributed by atoms with Crippen molar-refractivity contribution in [3.8, 4) is 11.5 Å². The number of guanidine groups is 1. The zero-order valence-corrected chi connectivity index (χ0v) is 22.1. The molecule has 5 atom stereocenters. The van der Waals surface area contributed by atoms with E-state index in [-0.39, 0.29) is 31.5 Å². The number of aliphatic hydroxyl groups is 1. The highest BCUT2D eigenvalue weighted by Gasteiger charge is 2.45. The highest BCUT2D eigenvalue weighted by molar-refractivity contribution is 6.00. The van der Waals surface area contributed by atoms with Crippen LogP contribution >= 0.6 is 0 Å². The molecular formula is C28H34N4O6. The van der Waals surface area contributed by atoms with Gasteiger partial charge in [0.25, 0.3) is 5.91 Å². The minimum atomic E-state index is -1.32. The fourth-order valence-corrected chi connectivity index (χ4v) is 5.37. The smallest absolute Gasteiger partial charge is 0.251 e. The van der Waals surface area contributed by atoms with E-state index in [4.69, 9.17) is 19.9 Å². The van der Waals surface area contributed by atoms with Crippen LogP contribution in [0.1, 0.15) is 67.2 Å². The number of fused-ring (bicyclic) bond motifs is 2. The number of hydrogen-bond donors (Lipinski definition) is 3. The fourth-order valence-electron chi connectivity index (χ4n) is 5.37. The minimum absolute atomic E-state index is 0.0386. The summed E-state index contributed by atoms with van der Waals surface area (Å²) in [6.45, 7) is 5.76. The molecule has 2 unspecified atom stereocenters. The first kappa shape index (κ1) is 26.0. The van der Waals surface area contributed by atoms with Crippen LogP contribution in [0.2, 0.25) is 0 Å². The van der Waals surface area contributed by atoms with Crippen LogP contribution in [0.15, 0.2) is 47.5 Å². The Balaban J connectivity index is 1.50. The van der Waals surface area contributed by atoms with Gasteiger partial charge in [0.2, 0.25) is 5.91 Å². The molecule has 0 aromatic heterocycles. The second-order valence-electron chi connectivity index (χ2n) is 10.6. The molecule has 0 fully saturated rings. The lowest BCUT2D eigenvalue weighted by Crippen LogP contribution is -2.56. The Hall–Kier alpha value is -3.63. The third kappa shape index (κ3) is 4.48. The van der Waals surface area contributed by atoms with Gasteiger partial charge in [-0.15, -0.1) is 0 Å². The van der Waals surface area contributed by atoms with E-state index in [2.05, 4.69) is 10.3 Å². The maximum Gasteiger partial charge on any atom is 0.251 e. The summed E-state index contributed by atoms with van der Waals surface area (Å²) in [6, 6.07) is 11.0. The summed E-state index contributed by atoms with van der Waals surface area (Å²) in [5.41, 5.74) is 6.11. The molecule has 2 aromatic rings. The van der Waals surface area contributed by atoms with Crippen LogP contribution in [0.25, 0.3) is 0 Å². The lowest BCUT2D eigenvalue weighted by Gasteiger charge is -2.43. The Bertz CT molecular complexity index is 1290. The topological polar surface area (TPSA) is 136 Å². The Kier molecular flexibility index (Phi) is 6.56. The fraction of sp³-hybridized carbons (Fsp3) is 0.464. The van der Waals surface area contributed by atoms with E-state index >= 15 is 0 Å². The van der Waals surface area contributed by atoms with Crippen LogP contribution in [0, 0.1) is 0 Å². The molecule has 2 aromatic carbocycles. The maximum absolute atomic E-state index is 13.5. The van der Waals surface area contributed by atoms with Gasteiger partial charge in [-0.3, -0.25) is 14.5 Å². The molecule has 0 spiro atoms. The van der Waals surface area contributed by atoms with Gasteiger partial charge in [0.05, 0.1) is 24.0 Å². The van der Waals surface area contributed by atoms with Crippen LogP contribution in [0.3, 0.4) is 0 Å². The molecule has 10 heteroatoms. The molecule has 3 aliphatic heterocycles. The number of aliphatic imine (C=N–C) groups is 1. The lowest BCUT2D eigenvalue weighted by molar-refractivity contribution is -0.135. The number of carbonyl (C=O) groups is 2. The molecule has 5 rings (SSSR count). The van der Waals surface area contributed by atoms with Gasteiger partial charge in [-0.25, -0.2) is 4.99 Å². The monoisotopic (exact) mass is 522 g/mol. The zero-order valence-electron chi connectivity index (χ0n) is 22.1. The highest BCUT2D eigenvalue weighted by atomic mass is 16.5. The van der Waals surface area contributed by atoms with Gasteiger partial charge >= 0.3 is 0 Å². The second kappa shape index (κ2) is 9.59. The first-order valence-electron chi connectivity index (χ1n) is 12.8. The number of amides is 2. The predicted octanol–water partition coefficient (Wildman–Crippen LogP) is 2.47. The Morgan fingerprint density at radius 3 is 2.66 bits per heavy atom. The predicted molar refractivity (Wildman–Crippen MR) is 140 cm³/mol. The Morgan fingerprint density at radius 1 is 1.21 bits per heavy atom. The molecule has 3 aliphatic rings. The van der Waals surface area contributed by atoms with Crippen LogP contribution < -0.4 is 20.5 Å². The van der Waals surface area contributed by atoms with Crippen LogP contribution in [-0.4, -0.2) is 65.3 Å². The molecule has 202 valence electrons. The van der Waals surface area contributed by atoms with Gasteiger partial charge in [0.1, 0.15) is 36.4 Å². The molecule has 0 saturated carbocycles. The van der Waals surface area contributed by atoms with E-state index < -0.39 is 35.2 Å². The van der Waals surface area contributed by atoms with Crippen LogP contribution in [0.5, 0.6) is 11.5 Å². The normalized spacial score (nSPS) is 30.3. The molecular weight excluding hydrogens is 488 g/mol. The van der Waals surface area contributed by atoms with Crippen LogP contribution in [0.4, 0.5) is 0 Å². The van der Waals surface area contributed by atoms with Crippen molar-refractivity contribution in [2.45, 2.75) is 62.9 Å². The summed E-state index contributed by atoms with van der Waals surface area (Å²) >= 11 is 0. The van der Waals surface area contributed by atoms with Crippen molar-refractivity contribution in [1.29, 1.82) is 0 Å². The second-order valence-corrected chi connectivity index (χ2v) is 10.6. The van der Waals surface area contributed by atoms with Crippen molar-refractivity contribution < 1.29 is 28.9 Å². The molecule has 10 nitrogen and oxygen atoms in total. The van der Waals surface area contributed by atoms with E-state index in [1.54, 1.807) is 38.3 Å². The summed E-state index contributed by atoms with van der Waals surface area (Å²) in [4.78, 5) is 33.0. The Morgan fingerprint density at radius 2 is 1.95 bits per heavy atom. The largest absolute Gasteiger partial charge is 0.490 e. The molecule has 0 saturated heterocycles. The number of nitrogens with one attached hydrogen (secondary N) is 1. The quantitative estimate of drug-likeness (QED) is 0.549. The Labute approximate surface area is 221 Å². The van der Waals surface area contributed by atoms with Gasteiger partial charge in [-0.2, -0.15) is 0 Å². The lowest BCUT2D eigenvalue weighted by atomic mass is 9.87. The van der Waals surface area contributed by atoms with Crippen molar-refractivity contribution in [1.82, 2.24) is 10.2 Å². The molecule has 3 heterocycles. The van der Waals surface area contributed by atoms with Crippen molar-refractivity contribution in [2.24, 2.45) is 10.7 Å². The summed E-state index contributed by atoms with van der Waals surface area (Å²) in [6.07, 6.45) is 0.369. The number of rotatable bonds is 5. The number of benzene rings is 2. The third-order valence-electron chi connectivity index (χ3n) is 7.77. The summed E-state index contributed by atoms with van der Waals surface area (Å²) in [5.74, 6) is 0.719. The molecule has 0 aliphatic carbocycles. The minimum Gasteiger partial charge on any atom is -0.490 e. The van der Waals surface area contributed by atoms with Gasteiger partial charge < -0.3 is 30.4 Å². The van der Waals surface area contributed by atoms with Crippen molar-refractivity contribution in [3.05, 3.63) is 59.2 Å². The molecule has 4 N–H and O–H groups in total. The van der Waals surface area contributed by atoms with E-state index in [1.807, 2.05) is 32.0 Å². The average Bonchev–Trinajstić information content (AvgIpc) is 2.89. The van der Waals surface area contributed by atoms with Gasteiger partial charge in [0, 0.05) is 23.8 Å². The van der Waals surface area contributed by atoms with Gasteiger partial charge in [-0.05, 0) is 44.5 Å².